The second-order valence-electron chi connectivity index (χ2n) is 14.6. The summed E-state index contributed by atoms with van der Waals surface area (Å²) in [5.74, 6) is -1.29. The topological polar surface area (TPSA) is 114 Å². The predicted octanol–water partition coefficient (Wildman–Crippen LogP) is 8.09. The van der Waals surface area contributed by atoms with Gasteiger partial charge in [0.15, 0.2) is 0 Å². The third-order valence-corrected chi connectivity index (χ3v) is 9.80. The number of rotatable bonds is 6. The van der Waals surface area contributed by atoms with Gasteiger partial charge in [-0.25, -0.2) is 18.6 Å². The van der Waals surface area contributed by atoms with Gasteiger partial charge in [0.25, 0.3) is 0 Å². The monoisotopic (exact) mass is 712 g/mol. The highest BCUT2D eigenvalue weighted by atomic mass is 32.2. The molecule has 2 heterocycles. The van der Waals surface area contributed by atoms with E-state index in [1.165, 1.54) is 11.8 Å². The van der Waals surface area contributed by atoms with Gasteiger partial charge in [0.2, 0.25) is 5.91 Å². The first-order chi connectivity index (χ1) is 23.6. The maximum Gasteiger partial charge on any atom is 0.407 e. The third-order valence-electron chi connectivity index (χ3n) is 8.77. The lowest BCUT2D eigenvalue weighted by Crippen LogP contribution is -2.45. The van der Waals surface area contributed by atoms with Crippen molar-refractivity contribution in [2.75, 3.05) is 24.6 Å². The Labute approximate surface area is 298 Å². The number of alkyl carbamates (subject to hydrolysis) is 1. The van der Waals surface area contributed by atoms with Crippen molar-refractivity contribution < 1.29 is 33.0 Å². The third kappa shape index (κ3) is 11.0. The fraction of sp³-hybridized carbons (Fsp3) is 0.526. The first-order valence-corrected chi connectivity index (χ1v) is 18.4. The molecule has 2 aromatic carbocycles. The molecule has 0 radical (unpaired) electrons. The maximum atomic E-state index is 15.1. The molecule has 0 saturated carbocycles. The van der Waals surface area contributed by atoms with Crippen molar-refractivity contribution in [1.29, 1.82) is 0 Å². The normalized spacial score (nSPS) is 19.5. The van der Waals surface area contributed by atoms with Crippen molar-refractivity contribution >= 4 is 29.7 Å². The van der Waals surface area contributed by atoms with E-state index in [1.807, 2.05) is 55.7 Å². The summed E-state index contributed by atoms with van der Waals surface area (Å²) in [4.78, 5) is 45.6. The Balaban J connectivity index is 1.68. The van der Waals surface area contributed by atoms with Crippen LogP contribution < -0.4 is 5.32 Å². The number of hydrogen-bond acceptors (Lipinski definition) is 6. The standard InChI is InChI=1S/C38H50F2N4O5S/c1-37(2,3)33(34-42-31(29-21-28(39)16-17-30(29)40)24-43(34)23-26-13-8-6-9-14-26)44-19-12-18-41-36(48)49-38(4,5)22-27(35(46)47)15-10-7-11-20-50-25-32(44)45/h6,8-9,13-14,16-17,21,24,27,33H,7,10-12,15,18-20,22-23,25H2,1-5H3,(H,41,48)(H,46,47). The Kier molecular flexibility index (Phi) is 13.5. The quantitative estimate of drug-likeness (QED) is 0.266. The van der Waals surface area contributed by atoms with E-state index >= 15 is 4.39 Å². The van der Waals surface area contributed by atoms with Crippen LogP contribution in [-0.4, -0.2) is 67.7 Å². The molecule has 0 bridgehead atoms. The Bertz CT molecular complexity index is 1610. The van der Waals surface area contributed by atoms with Crippen LogP contribution in [0.2, 0.25) is 0 Å². The lowest BCUT2D eigenvalue weighted by molar-refractivity contribution is -0.144. The molecule has 12 heteroatoms. The van der Waals surface area contributed by atoms with Crippen LogP contribution in [0.5, 0.6) is 0 Å². The zero-order chi connectivity index (χ0) is 36.5. The number of ether oxygens (including phenoxy) is 1. The summed E-state index contributed by atoms with van der Waals surface area (Å²) in [6.07, 6.45) is 4.51. The minimum absolute atomic E-state index is 0.0348. The zero-order valence-electron chi connectivity index (χ0n) is 29.7. The number of carboxylic acids is 1. The minimum Gasteiger partial charge on any atom is -0.481 e. The van der Waals surface area contributed by atoms with Gasteiger partial charge in [-0.2, -0.15) is 11.8 Å². The largest absolute Gasteiger partial charge is 0.481 e. The molecular weight excluding hydrogens is 663 g/mol. The van der Waals surface area contributed by atoms with E-state index in [0.29, 0.717) is 31.6 Å². The molecule has 0 aliphatic carbocycles. The highest BCUT2D eigenvalue weighted by Gasteiger charge is 2.38. The van der Waals surface area contributed by atoms with E-state index in [2.05, 4.69) is 5.32 Å². The fourth-order valence-corrected chi connectivity index (χ4v) is 7.35. The van der Waals surface area contributed by atoms with E-state index in [1.54, 1.807) is 24.9 Å². The van der Waals surface area contributed by atoms with Crippen molar-refractivity contribution in [2.45, 2.75) is 91.3 Å². The lowest BCUT2D eigenvalue weighted by atomic mass is 9.84. The Morgan fingerprint density at radius 1 is 1.10 bits per heavy atom. The maximum absolute atomic E-state index is 15.1. The van der Waals surface area contributed by atoms with Crippen molar-refractivity contribution in [2.24, 2.45) is 11.3 Å². The molecule has 1 aromatic heterocycles. The molecule has 2 unspecified atom stereocenters. The van der Waals surface area contributed by atoms with Crippen molar-refractivity contribution in [1.82, 2.24) is 19.8 Å². The van der Waals surface area contributed by atoms with E-state index in [0.717, 1.165) is 42.4 Å². The predicted molar refractivity (Wildman–Crippen MR) is 192 cm³/mol. The second-order valence-corrected chi connectivity index (χ2v) is 15.8. The molecule has 1 fully saturated rings. The number of aromatic nitrogens is 2. The van der Waals surface area contributed by atoms with Gasteiger partial charge in [-0.05, 0) is 74.5 Å². The van der Waals surface area contributed by atoms with Crippen molar-refractivity contribution in [3.05, 3.63) is 77.8 Å². The number of imidazole rings is 1. The number of amides is 2. The molecular formula is C38H50F2N4O5S. The number of carbonyl (C=O) groups excluding carboxylic acids is 2. The highest BCUT2D eigenvalue weighted by Crippen LogP contribution is 2.40. The van der Waals surface area contributed by atoms with Crippen LogP contribution in [0.1, 0.15) is 90.6 Å². The van der Waals surface area contributed by atoms with Crippen LogP contribution in [-0.2, 0) is 20.9 Å². The van der Waals surface area contributed by atoms with Crippen LogP contribution in [0.25, 0.3) is 11.3 Å². The number of cyclic esters (lactones) is 1. The van der Waals surface area contributed by atoms with E-state index < -0.39 is 46.7 Å². The van der Waals surface area contributed by atoms with Gasteiger partial charge in [-0.1, -0.05) is 63.9 Å². The summed E-state index contributed by atoms with van der Waals surface area (Å²) >= 11 is 1.54. The SMILES string of the molecule is CC1(C)CC(C(=O)O)CCCCCSCC(=O)N(C(c2nc(-c3cc(F)ccc3F)cn2Cc2ccccc2)C(C)(C)C)CCCNC(=O)O1. The van der Waals surface area contributed by atoms with Gasteiger partial charge < -0.3 is 24.6 Å². The Hall–Kier alpha value is -3.93. The molecule has 1 saturated heterocycles. The van der Waals surface area contributed by atoms with Gasteiger partial charge in [0.1, 0.15) is 23.1 Å². The molecule has 4 rings (SSSR count). The Morgan fingerprint density at radius 3 is 2.54 bits per heavy atom. The fourth-order valence-electron chi connectivity index (χ4n) is 6.46. The van der Waals surface area contributed by atoms with Crippen LogP contribution in [0, 0.1) is 23.0 Å². The lowest BCUT2D eigenvalue weighted by Gasteiger charge is -2.40. The molecule has 3 aromatic rings. The number of aliphatic carboxylic acids is 1. The second kappa shape index (κ2) is 17.3. The van der Waals surface area contributed by atoms with Crippen molar-refractivity contribution in [3.8, 4) is 11.3 Å². The molecule has 2 atom stereocenters. The van der Waals surface area contributed by atoms with Gasteiger partial charge in [0, 0.05) is 31.4 Å². The summed E-state index contributed by atoms with van der Waals surface area (Å²) in [6, 6.07) is 12.5. The number of carbonyl (C=O) groups is 3. The van der Waals surface area contributed by atoms with Gasteiger partial charge in [0.05, 0.1) is 23.4 Å². The molecule has 1 aliphatic heterocycles. The number of halogens is 2. The summed E-state index contributed by atoms with van der Waals surface area (Å²) in [5, 5.41) is 12.5. The van der Waals surface area contributed by atoms with Crippen LogP contribution >= 0.6 is 11.8 Å². The van der Waals surface area contributed by atoms with Crippen LogP contribution in [0.3, 0.4) is 0 Å². The number of benzene rings is 2. The summed E-state index contributed by atoms with van der Waals surface area (Å²) < 4.78 is 37.0. The van der Waals surface area contributed by atoms with Crippen LogP contribution in [0.4, 0.5) is 13.6 Å². The number of thioether (sulfide) groups is 1. The number of nitrogens with one attached hydrogen (secondary N) is 1. The van der Waals surface area contributed by atoms with Crippen LogP contribution in [0.15, 0.2) is 54.7 Å². The molecule has 0 spiro atoms. The first-order valence-electron chi connectivity index (χ1n) is 17.3. The number of nitrogens with zero attached hydrogens (tertiary/aromatic N) is 3. The van der Waals surface area contributed by atoms with E-state index in [4.69, 9.17) is 9.72 Å². The highest BCUT2D eigenvalue weighted by molar-refractivity contribution is 7.99. The first kappa shape index (κ1) is 38.9. The number of hydrogen-bond donors (Lipinski definition) is 2. The Morgan fingerprint density at radius 2 is 1.84 bits per heavy atom. The molecule has 50 heavy (non-hydrogen) atoms. The van der Waals surface area contributed by atoms with Gasteiger partial charge in [-0.3, -0.25) is 9.59 Å². The number of carboxylic acid groups (broad SMARTS) is 1. The van der Waals surface area contributed by atoms with Crippen molar-refractivity contribution in [3.63, 3.8) is 0 Å². The summed E-state index contributed by atoms with van der Waals surface area (Å²) in [5.41, 5.74) is -0.240. The summed E-state index contributed by atoms with van der Waals surface area (Å²) in [6.45, 7) is 10.4. The molecule has 2 N–H and O–H groups in total. The molecule has 9 nitrogen and oxygen atoms in total. The van der Waals surface area contributed by atoms with Gasteiger partial charge >= 0.3 is 12.1 Å². The zero-order valence-corrected chi connectivity index (χ0v) is 30.5. The molecule has 1 aliphatic rings. The summed E-state index contributed by atoms with van der Waals surface area (Å²) in [7, 11) is 0. The average Bonchev–Trinajstić information content (AvgIpc) is 3.43. The van der Waals surface area contributed by atoms with E-state index in [9.17, 15) is 23.9 Å². The molecule has 2 amide bonds. The van der Waals surface area contributed by atoms with E-state index in [-0.39, 0.29) is 42.4 Å². The average molecular weight is 713 g/mol. The molecule has 272 valence electrons. The van der Waals surface area contributed by atoms with Gasteiger partial charge in [-0.15, -0.1) is 0 Å². The minimum atomic E-state index is -0.984. The smallest absolute Gasteiger partial charge is 0.407 e.